The third-order valence-electron chi connectivity index (χ3n) is 6.48. The summed E-state index contributed by atoms with van der Waals surface area (Å²) in [5.74, 6) is -3.17. The molecule has 11 heteroatoms. The van der Waals surface area contributed by atoms with Gasteiger partial charge in [0.2, 0.25) is 0 Å². The molecule has 4 rings (SSSR count). The number of aliphatic imine (C=N–C) groups is 1. The maximum absolute atomic E-state index is 13.3. The van der Waals surface area contributed by atoms with Crippen LogP contribution in [0, 0.1) is 23.0 Å². The molecule has 2 atom stereocenters. The van der Waals surface area contributed by atoms with Crippen LogP contribution in [0.4, 0.5) is 5.69 Å². The first-order valence-corrected chi connectivity index (χ1v) is 12.0. The second-order valence-electron chi connectivity index (χ2n) is 8.94. The molecule has 2 aromatic carbocycles. The number of hydrogen-bond acceptors (Lipinski definition) is 10. The molecule has 11 nitrogen and oxygen atoms in total. The van der Waals surface area contributed by atoms with Crippen molar-refractivity contribution in [2.45, 2.75) is 26.7 Å². The second-order valence-corrected chi connectivity index (χ2v) is 8.94. The van der Waals surface area contributed by atoms with Crippen molar-refractivity contribution in [3.05, 3.63) is 91.5 Å². The van der Waals surface area contributed by atoms with Crippen molar-refractivity contribution in [2.24, 2.45) is 10.9 Å². The summed E-state index contributed by atoms with van der Waals surface area (Å²) in [6, 6.07) is 12.3. The molecule has 2 heterocycles. The lowest BCUT2D eigenvalue weighted by Gasteiger charge is -2.31. The van der Waals surface area contributed by atoms with E-state index in [4.69, 9.17) is 18.6 Å². The number of hydrogen-bond donors (Lipinski definition) is 0. The van der Waals surface area contributed by atoms with Crippen LogP contribution in [0.2, 0.25) is 0 Å². The maximum Gasteiger partial charge on any atom is 0.336 e. The van der Waals surface area contributed by atoms with Gasteiger partial charge in [-0.3, -0.25) is 19.9 Å². The zero-order valence-corrected chi connectivity index (χ0v) is 21.8. The van der Waals surface area contributed by atoms with E-state index in [-0.39, 0.29) is 35.7 Å². The van der Waals surface area contributed by atoms with Gasteiger partial charge in [-0.2, -0.15) is 0 Å². The van der Waals surface area contributed by atoms with Crippen LogP contribution in [0.25, 0.3) is 11.0 Å². The monoisotopic (exact) mass is 534 g/mol. The molecule has 1 aromatic heterocycles. The lowest BCUT2D eigenvalue weighted by atomic mass is 9.75. The minimum atomic E-state index is -1.06. The van der Waals surface area contributed by atoms with Crippen molar-refractivity contribution in [2.75, 3.05) is 20.3 Å². The van der Waals surface area contributed by atoms with Gasteiger partial charge in [0.25, 0.3) is 5.69 Å². The van der Waals surface area contributed by atoms with Crippen LogP contribution in [-0.4, -0.2) is 42.9 Å². The van der Waals surface area contributed by atoms with Gasteiger partial charge in [0.15, 0.2) is 0 Å². The summed E-state index contributed by atoms with van der Waals surface area (Å²) in [6.45, 7) is 4.79. The Bertz CT molecular complexity index is 1590. The molecule has 0 saturated carbocycles. The Balaban J connectivity index is 1.56. The normalized spacial score (nSPS) is 17.0. The second kappa shape index (κ2) is 11.3. The van der Waals surface area contributed by atoms with E-state index in [1.165, 1.54) is 31.4 Å². The molecule has 3 aromatic rings. The number of rotatable bonds is 8. The molecule has 0 bridgehead atoms. The van der Waals surface area contributed by atoms with Crippen molar-refractivity contribution in [3.8, 4) is 5.75 Å². The van der Waals surface area contributed by atoms with Crippen molar-refractivity contribution >= 4 is 34.3 Å². The van der Waals surface area contributed by atoms with Gasteiger partial charge < -0.3 is 18.6 Å². The molecule has 2 unspecified atom stereocenters. The fourth-order valence-electron chi connectivity index (χ4n) is 4.75. The van der Waals surface area contributed by atoms with Gasteiger partial charge >= 0.3 is 17.6 Å². The van der Waals surface area contributed by atoms with Gasteiger partial charge in [0.05, 0.1) is 17.6 Å². The fraction of sp³-hybridized carbons (Fsp3) is 0.286. The van der Waals surface area contributed by atoms with Gasteiger partial charge in [-0.1, -0.05) is 18.2 Å². The Morgan fingerprint density at radius 2 is 1.82 bits per heavy atom. The smallest absolute Gasteiger partial charge is 0.336 e. The summed E-state index contributed by atoms with van der Waals surface area (Å²) in [6.07, 6.45) is 0. The summed E-state index contributed by atoms with van der Waals surface area (Å²) >= 11 is 0. The van der Waals surface area contributed by atoms with E-state index in [9.17, 15) is 24.5 Å². The van der Waals surface area contributed by atoms with E-state index < -0.39 is 34.3 Å². The van der Waals surface area contributed by atoms with Crippen molar-refractivity contribution in [3.63, 3.8) is 0 Å². The third-order valence-corrected chi connectivity index (χ3v) is 6.48. The minimum Gasteiger partial charge on any atom is -0.490 e. The van der Waals surface area contributed by atoms with Crippen LogP contribution < -0.4 is 10.4 Å². The van der Waals surface area contributed by atoms with Gasteiger partial charge in [-0.15, -0.1) is 0 Å². The first kappa shape index (κ1) is 27.2. The highest BCUT2D eigenvalue weighted by Gasteiger charge is 2.44. The average Bonchev–Trinajstić information content (AvgIpc) is 2.89. The number of nitrogens with zero attached hydrogens (tertiary/aromatic N) is 2. The van der Waals surface area contributed by atoms with Crippen LogP contribution in [0.15, 0.2) is 74.0 Å². The average molecular weight is 535 g/mol. The van der Waals surface area contributed by atoms with E-state index in [0.717, 1.165) is 10.9 Å². The number of para-hydroxylation sites is 1. The first-order valence-electron chi connectivity index (χ1n) is 12.0. The minimum absolute atomic E-state index is 0.0215. The van der Waals surface area contributed by atoms with Gasteiger partial charge in [-0.05, 0) is 38.5 Å². The Kier molecular flexibility index (Phi) is 7.89. The molecule has 0 amide bonds. The molecule has 0 N–H and O–H groups in total. The molecule has 0 spiro atoms. The first-order chi connectivity index (χ1) is 18.6. The molecule has 202 valence electrons. The largest absolute Gasteiger partial charge is 0.490 e. The van der Waals surface area contributed by atoms with Crippen molar-refractivity contribution in [1.29, 1.82) is 0 Å². The summed E-state index contributed by atoms with van der Waals surface area (Å²) in [4.78, 5) is 53.4. The highest BCUT2D eigenvalue weighted by Crippen LogP contribution is 2.43. The number of carbonyl (C=O) groups excluding carboxylic acids is 2. The number of carbonyl (C=O) groups is 2. The predicted molar refractivity (Wildman–Crippen MR) is 141 cm³/mol. The number of nitro groups is 1. The molecule has 39 heavy (non-hydrogen) atoms. The van der Waals surface area contributed by atoms with E-state index in [1.54, 1.807) is 45.0 Å². The Morgan fingerprint density at radius 3 is 2.54 bits per heavy atom. The topological polar surface area (TPSA) is 148 Å². The van der Waals surface area contributed by atoms with Crippen molar-refractivity contribution < 1.29 is 33.1 Å². The number of methoxy groups -OCH3 is 1. The molecule has 1 aliphatic rings. The molecule has 0 radical (unpaired) electrons. The quantitative estimate of drug-likeness (QED) is 0.136. The van der Waals surface area contributed by atoms with Gasteiger partial charge in [0, 0.05) is 46.5 Å². The number of aryl methyl sites for hydroxylation is 1. The lowest BCUT2D eigenvalue weighted by molar-refractivity contribution is -0.385. The SMILES string of the molecule is COC(=O)C1C(C)=NC(C)=C(C(=O)OCCOc2ccc3c(C)cc(=O)oc3c2)C1c1ccccc1[N+](=O)[O-]. The van der Waals surface area contributed by atoms with E-state index in [0.29, 0.717) is 17.0 Å². The molecule has 0 fully saturated rings. The standard InChI is InChI=1S/C28H26N2O9/c1-15-13-23(31)39-22-14-18(9-10-19(15)22)37-11-12-38-28(33)25-17(3)29-16(2)24(27(32)36-4)26(25)20-7-5-6-8-21(20)30(34)35/h5-10,13-14,24,26H,11-12H2,1-4H3. The van der Waals surface area contributed by atoms with Crippen LogP contribution >= 0.6 is 0 Å². The van der Waals surface area contributed by atoms with E-state index >= 15 is 0 Å². The van der Waals surface area contributed by atoms with E-state index in [2.05, 4.69) is 4.99 Å². The summed E-state index contributed by atoms with van der Waals surface area (Å²) < 4.78 is 21.3. The number of ether oxygens (including phenoxy) is 3. The number of fused-ring (bicyclic) bond motifs is 1. The van der Waals surface area contributed by atoms with Crippen LogP contribution in [0.5, 0.6) is 5.75 Å². The number of esters is 2. The predicted octanol–water partition coefficient (Wildman–Crippen LogP) is 4.25. The van der Waals surface area contributed by atoms with Gasteiger partial charge in [0.1, 0.15) is 30.5 Å². The Labute approximate surface area is 222 Å². The molecule has 0 saturated heterocycles. The zero-order valence-electron chi connectivity index (χ0n) is 21.8. The molecule has 1 aliphatic heterocycles. The lowest BCUT2D eigenvalue weighted by Crippen LogP contribution is -2.36. The van der Waals surface area contributed by atoms with E-state index in [1.807, 2.05) is 0 Å². The number of benzene rings is 2. The van der Waals surface area contributed by atoms with Crippen molar-refractivity contribution in [1.82, 2.24) is 0 Å². The highest BCUT2D eigenvalue weighted by atomic mass is 16.6. The maximum atomic E-state index is 13.3. The fourth-order valence-corrected chi connectivity index (χ4v) is 4.75. The summed E-state index contributed by atoms with van der Waals surface area (Å²) in [5, 5.41) is 12.6. The summed E-state index contributed by atoms with van der Waals surface area (Å²) in [5.41, 5.74) is 1.25. The zero-order chi connectivity index (χ0) is 28.3. The third kappa shape index (κ3) is 5.57. The van der Waals surface area contributed by atoms with Gasteiger partial charge in [-0.25, -0.2) is 9.59 Å². The highest BCUT2D eigenvalue weighted by molar-refractivity contribution is 6.07. The number of nitro benzene ring substituents is 1. The molecular formula is C28H26N2O9. The Hall–Kier alpha value is -4.80. The number of allylic oxidation sites excluding steroid dienone is 1. The Morgan fingerprint density at radius 1 is 1.08 bits per heavy atom. The molecular weight excluding hydrogens is 508 g/mol. The van der Waals surface area contributed by atoms with Crippen LogP contribution in [-0.2, 0) is 19.1 Å². The van der Waals surface area contributed by atoms with Crippen LogP contribution in [0.1, 0.15) is 30.9 Å². The van der Waals surface area contributed by atoms with Crippen LogP contribution in [0.3, 0.4) is 0 Å². The summed E-state index contributed by atoms with van der Waals surface area (Å²) in [7, 11) is 1.20. The molecule has 0 aliphatic carbocycles.